The van der Waals surface area contributed by atoms with E-state index in [1.165, 1.54) is 7.11 Å². The molecular formula is C22H22Cl2N4O4. The molecular weight excluding hydrogens is 455 g/mol. The molecule has 3 atom stereocenters. The Morgan fingerprint density at radius 1 is 1.28 bits per heavy atom. The average Bonchev–Trinajstić information content (AvgIpc) is 3.21. The van der Waals surface area contributed by atoms with E-state index in [0.717, 1.165) is 5.56 Å². The maximum absolute atomic E-state index is 13.5. The number of hydrogen-bond acceptors (Lipinski definition) is 5. The summed E-state index contributed by atoms with van der Waals surface area (Å²) in [5.74, 6) is -1.80. The van der Waals surface area contributed by atoms with E-state index >= 15 is 0 Å². The van der Waals surface area contributed by atoms with E-state index in [9.17, 15) is 14.4 Å². The molecule has 0 saturated carbocycles. The van der Waals surface area contributed by atoms with E-state index in [1.54, 1.807) is 24.3 Å². The Hall–Kier alpha value is -2.81. The second kappa shape index (κ2) is 8.27. The lowest BCUT2D eigenvalue weighted by Crippen LogP contribution is -2.52. The molecule has 1 spiro atoms. The van der Waals surface area contributed by atoms with Crippen molar-refractivity contribution in [3.63, 3.8) is 0 Å². The average molecular weight is 477 g/mol. The molecule has 32 heavy (non-hydrogen) atoms. The van der Waals surface area contributed by atoms with Crippen LogP contribution in [0.25, 0.3) is 0 Å². The Labute approximate surface area is 194 Å². The first kappa shape index (κ1) is 22.4. The number of hydrogen-bond donors (Lipinski definition) is 4. The zero-order chi connectivity index (χ0) is 23.2. The maximum Gasteiger partial charge on any atom is 0.250 e. The van der Waals surface area contributed by atoms with E-state index < -0.39 is 35.2 Å². The lowest BCUT2D eigenvalue weighted by molar-refractivity contribution is -0.130. The van der Waals surface area contributed by atoms with Crippen LogP contribution in [0.1, 0.15) is 24.0 Å². The van der Waals surface area contributed by atoms with E-state index in [0.29, 0.717) is 32.7 Å². The first-order valence-electron chi connectivity index (χ1n) is 9.98. The fraction of sp³-hybridized carbons (Fsp3) is 0.318. The Morgan fingerprint density at radius 3 is 2.72 bits per heavy atom. The van der Waals surface area contributed by atoms with Crippen molar-refractivity contribution in [3.05, 3.63) is 51.5 Å². The summed E-state index contributed by atoms with van der Waals surface area (Å²) in [5, 5.41) is 9.65. The molecule has 0 radical (unpaired) electrons. The van der Waals surface area contributed by atoms with Gasteiger partial charge in [-0.05, 0) is 43.2 Å². The highest BCUT2D eigenvalue weighted by Crippen LogP contribution is 2.50. The molecule has 4 rings (SSSR count). The highest BCUT2D eigenvalue weighted by Gasteiger charge is 2.60. The maximum atomic E-state index is 13.5. The van der Waals surface area contributed by atoms with Gasteiger partial charge < -0.3 is 21.1 Å². The van der Waals surface area contributed by atoms with Gasteiger partial charge in [0.15, 0.2) is 0 Å². The van der Waals surface area contributed by atoms with E-state index in [2.05, 4.69) is 16.0 Å². The highest BCUT2D eigenvalue weighted by molar-refractivity contribution is 6.35. The summed E-state index contributed by atoms with van der Waals surface area (Å²) in [7, 11) is 1.48. The summed E-state index contributed by atoms with van der Waals surface area (Å²) >= 11 is 12.5. The van der Waals surface area contributed by atoms with Crippen molar-refractivity contribution >= 4 is 52.3 Å². The second-order valence-electron chi connectivity index (χ2n) is 8.07. The van der Waals surface area contributed by atoms with Gasteiger partial charge in [-0.15, -0.1) is 0 Å². The SMILES string of the molecule is COc1ccc(Cl)cc1NC(=O)[C@H]1C[C@H](CC(N)=O)N[C@]12C(=O)Nc1c(Cl)cc(C)cc12. The molecule has 5 N–H and O–H groups in total. The van der Waals surface area contributed by atoms with Crippen LogP contribution in [-0.2, 0) is 19.9 Å². The third kappa shape index (κ3) is 3.68. The number of aryl methyl sites for hydroxylation is 1. The highest BCUT2D eigenvalue weighted by atomic mass is 35.5. The Bertz CT molecular complexity index is 1140. The van der Waals surface area contributed by atoms with Crippen molar-refractivity contribution < 1.29 is 19.1 Å². The third-order valence-electron chi connectivity index (χ3n) is 5.91. The van der Waals surface area contributed by atoms with Gasteiger partial charge in [0, 0.05) is 23.0 Å². The van der Waals surface area contributed by atoms with Gasteiger partial charge in [-0.25, -0.2) is 0 Å². The Kier molecular flexibility index (Phi) is 5.79. The minimum Gasteiger partial charge on any atom is -0.495 e. The van der Waals surface area contributed by atoms with Gasteiger partial charge in [0.25, 0.3) is 0 Å². The van der Waals surface area contributed by atoms with Gasteiger partial charge in [0.2, 0.25) is 17.7 Å². The lowest BCUT2D eigenvalue weighted by Gasteiger charge is -2.29. The quantitative estimate of drug-likeness (QED) is 0.528. The molecule has 10 heteroatoms. The molecule has 2 aromatic rings. The normalized spacial score (nSPS) is 23.7. The summed E-state index contributed by atoms with van der Waals surface area (Å²) in [6.45, 7) is 1.85. The van der Waals surface area contributed by atoms with Crippen LogP contribution in [0.3, 0.4) is 0 Å². The number of amides is 3. The number of primary amides is 1. The molecule has 0 bridgehead atoms. The van der Waals surface area contributed by atoms with Crippen LogP contribution in [0.2, 0.25) is 10.0 Å². The number of nitrogens with one attached hydrogen (secondary N) is 3. The van der Waals surface area contributed by atoms with Crippen molar-refractivity contribution in [2.45, 2.75) is 31.3 Å². The minimum absolute atomic E-state index is 0.0197. The molecule has 2 heterocycles. The Balaban J connectivity index is 1.78. The standard InChI is InChI=1S/C22H22Cl2N4O4/c1-10-5-13-19(15(24)6-10)27-21(31)22(13)14(8-12(28-22)9-18(25)29)20(30)26-16-7-11(23)3-4-17(16)32-2/h3-7,12,14,28H,8-9H2,1-2H3,(H2,25,29)(H,26,30)(H,27,31)/t12-,14-,22+/m1/s1. The van der Waals surface area contributed by atoms with Crippen molar-refractivity contribution in [2.24, 2.45) is 11.7 Å². The molecule has 1 fully saturated rings. The van der Waals surface area contributed by atoms with Gasteiger partial charge in [0.1, 0.15) is 11.3 Å². The summed E-state index contributed by atoms with van der Waals surface area (Å²) in [6, 6.07) is 7.93. The van der Waals surface area contributed by atoms with Gasteiger partial charge in [-0.1, -0.05) is 29.3 Å². The van der Waals surface area contributed by atoms with Crippen LogP contribution in [0.4, 0.5) is 11.4 Å². The zero-order valence-electron chi connectivity index (χ0n) is 17.4. The van der Waals surface area contributed by atoms with Gasteiger partial charge >= 0.3 is 0 Å². The van der Waals surface area contributed by atoms with Crippen molar-refractivity contribution in [1.82, 2.24) is 5.32 Å². The van der Waals surface area contributed by atoms with Crippen molar-refractivity contribution in [3.8, 4) is 5.75 Å². The number of benzene rings is 2. The van der Waals surface area contributed by atoms with Crippen molar-refractivity contribution in [1.29, 1.82) is 0 Å². The molecule has 0 aliphatic carbocycles. The number of methoxy groups -OCH3 is 1. The number of carbonyl (C=O) groups is 3. The number of fused-ring (bicyclic) bond motifs is 2. The van der Waals surface area contributed by atoms with Gasteiger partial charge in [-0.2, -0.15) is 0 Å². The number of nitrogens with two attached hydrogens (primary N) is 1. The number of anilines is 2. The third-order valence-corrected chi connectivity index (χ3v) is 6.45. The molecule has 2 aromatic carbocycles. The molecule has 8 nitrogen and oxygen atoms in total. The molecule has 3 amide bonds. The van der Waals surface area contributed by atoms with Crippen LogP contribution >= 0.6 is 23.2 Å². The van der Waals surface area contributed by atoms with E-state index in [-0.39, 0.29) is 12.8 Å². The molecule has 168 valence electrons. The van der Waals surface area contributed by atoms with E-state index in [1.807, 2.05) is 13.0 Å². The summed E-state index contributed by atoms with van der Waals surface area (Å²) in [6.07, 6.45) is 0.199. The number of carbonyl (C=O) groups excluding carboxylic acids is 3. The summed E-state index contributed by atoms with van der Waals surface area (Å²) in [4.78, 5) is 38.5. The smallest absolute Gasteiger partial charge is 0.250 e. The summed E-state index contributed by atoms with van der Waals surface area (Å²) < 4.78 is 5.32. The topological polar surface area (TPSA) is 123 Å². The number of ether oxygens (including phenoxy) is 1. The fourth-order valence-corrected chi connectivity index (χ4v) is 5.12. The van der Waals surface area contributed by atoms with Crippen LogP contribution < -0.4 is 26.4 Å². The predicted molar refractivity (Wildman–Crippen MR) is 122 cm³/mol. The predicted octanol–water partition coefficient (Wildman–Crippen LogP) is 2.95. The monoisotopic (exact) mass is 476 g/mol. The van der Waals surface area contributed by atoms with Crippen LogP contribution in [0.15, 0.2) is 30.3 Å². The van der Waals surface area contributed by atoms with E-state index in [4.69, 9.17) is 33.7 Å². The lowest BCUT2D eigenvalue weighted by atomic mass is 9.79. The van der Waals surface area contributed by atoms with Crippen LogP contribution in [-0.4, -0.2) is 30.9 Å². The molecule has 1 saturated heterocycles. The minimum atomic E-state index is -1.40. The number of halogens is 2. The second-order valence-corrected chi connectivity index (χ2v) is 8.91. The zero-order valence-corrected chi connectivity index (χ0v) is 18.9. The van der Waals surface area contributed by atoms with Crippen LogP contribution in [0.5, 0.6) is 5.75 Å². The van der Waals surface area contributed by atoms with Crippen LogP contribution in [0, 0.1) is 12.8 Å². The first-order valence-corrected chi connectivity index (χ1v) is 10.7. The van der Waals surface area contributed by atoms with Gasteiger partial charge in [0.05, 0.1) is 29.4 Å². The fourth-order valence-electron chi connectivity index (χ4n) is 4.63. The summed E-state index contributed by atoms with van der Waals surface area (Å²) in [5.41, 5.74) is 6.23. The van der Waals surface area contributed by atoms with Crippen molar-refractivity contribution in [2.75, 3.05) is 17.7 Å². The van der Waals surface area contributed by atoms with Gasteiger partial charge in [-0.3, -0.25) is 19.7 Å². The number of rotatable bonds is 5. The molecule has 2 aliphatic rings. The molecule has 2 aliphatic heterocycles. The molecule has 0 aromatic heterocycles. The first-order chi connectivity index (χ1) is 15.1. The molecule has 0 unspecified atom stereocenters. The largest absolute Gasteiger partial charge is 0.495 e. The Morgan fingerprint density at radius 2 is 2.03 bits per heavy atom.